The van der Waals surface area contributed by atoms with Crippen molar-refractivity contribution in [3.8, 4) is 0 Å². The summed E-state index contributed by atoms with van der Waals surface area (Å²) in [6.07, 6.45) is 8.77. The summed E-state index contributed by atoms with van der Waals surface area (Å²) in [6, 6.07) is 0.986. The van der Waals surface area contributed by atoms with Crippen molar-refractivity contribution in [3.05, 3.63) is 29.3 Å². The smallest absolute Gasteiger partial charge is 0.202 e. The summed E-state index contributed by atoms with van der Waals surface area (Å²) in [5, 5.41) is 0. The molecule has 1 aromatic heterocycles. The van der Waals surface area contributed by atoms with Gasteiger partial charge < -0.3 is 0 Å². The Labute approximate surface area is 118 Å². The third kappa shape index (κ3) is 3.74. The van der Waals surface area contributed by atoms with Gasteiger partial charge in [0.05, 0.1) is 0 Å². The summed E-state index contributed by atoms with van der Waals surface area (Å²) in [5.74, 6) is -2.55. The number of unbranched alkanes of at least 4 members (excludes halogenated alkanes) is 2. The molecule has 0 aromatic carbocycles. The van der Waals surface area contributed by atoms with Crippen LogP contribution in [0, 0.1) is 23.6 Å². The maximum Gasteiger partial charge on any atom is 0.251 e. The van der Waals surface area contributed by atoms with Gasteiger partial charge >= 0.3 is 0 Å². The highest BCUT2D eigenvalue weighted by Gasteiger charge is 2.26. The van der Waals surface area contributed by atoms with Gasteiger partial charge in [0.2, 0.25) is 5.95 Å². The molecule has 1 fully saturated rings. The van der Waals surface area contributed by atoms with Crippen molar-refractivity contribution in [3.63, 3.8) is 0 Å². The van der Waals surface area contributed by atoms with Gasteiger partial charge in [0.15, 0.2) is 5.82 Å². The first kappa shape index (κ1) is 15.3. The molecule has 1 nitrogen and oxygen atoms in total. The molecule has 0 spiro atoms. The first-order valence-corrected chi connectivity index (χ1v) is 7.63. The molecule has 1 aliphatic carbocycles. The second-order valence-corrected chi connectivity index (χ2v) is 5.85. The van der Waals surface area contributed by atoms with E-state index < -0.39 is 17.7 Å². The maximum absolute atomic E-state index is 13.6. The number of pyridine rings is 1. The molecular weight excluding hydrogens is 263 g/mol. The molecule has 112 valence electrons. The third-order valence-electron chi connectivity index (χ3n) is 4.42. The Balaban J connectivity index is 1.92. The number of aromatic nitrogens is 1. The van der Waals surface area contributed by atoms with Crippen LogP contribution in [-0.2, 0) is 0 Å². The number of hydrogen-bond donors (Lipinski definition) is 0. The monoisotopic (exact) mass is 285 g/mol. The molecule has 0 saturated heterocycles. The summed E-state index contributed by atoms with van der Waals surface area (Å²) in [7, 11) is 0. The van der Waals surface area contributed by atoms with E-state index in [1.54, 1.807) is 0 Å². The molecule has 0 N–H and O–H groups in total. The number of nitrogens with zero attached hydrogens (tertiary/aromatic N) is 1. The van der Waals surface area contributed by atoms with E-state index in [-0.39, 0.29) is 11.5 Å². The van der Waals surface area contributed by atoms with Crippen LogP contribution >= 0.6 is 0 Å². The lowest BCUT2D eigenvalue weighted by Crippen LogP contribution is -2.15. The number of hydrogen-bond acceptors (Lipinski definition) is 1. The van der Waals surface area contributed by atoms with Gasteiger partial charge in [0.25, 0.3) is 5.95 Å². The van der Waals surface area contributed by atoms with Gasteiger partial charge in [-0.1, -0.05) is 32.6 Å². The van der Waals surface area contributed by atoms with Crippen LogP contribution in [0.2, 0.25) is 0 Å². The molecule has 0 atom stereocenters. The molecule has 0 amide bonds. The van der Waals surface area contributed by atoms with Crippen LogP contribution in [0.25, 0.3) is 0 Å². The average molecular weight is 285 g/mol. The van der Waals surface area contributed by atoms with E-state index in [2.05, 4.69) is 11.9 Å². The van der Waals surface area contributed by atoms with Crippen molar-refractivity contribution >= 4 is 0 Å². The van der Waals surface area contributed by atoms with Crippen LogP contribution < -0.4 is 0 Å². The van der Waals surface area contributed by atoms with Crippen molar-refractivity contribution in [1.29, 1.82) is 0 Å². The van der Waals surface area contributed by atoms with E-state index in [4.69, 9.17) is 0 Å². The maximum atomic E-state index is 13.6. The molecule has 1 saturated carbocycles. The molecule has 4 heteroatoms. The van der Waals surface area contributed by atoms with Gasteiger partial charge in [-0.15, -0.1) is 0 Å². The average Bonchev–Trinajstić information content (AvgIpc) is 2.44. The first-order chi connectivity index (χ1) is 9.61. The van der Waals surface area contributed by atoms with E-state index in [1.165, 1.54) is 25.7 Å². The summed E-state index contributed by atoms with van der Waals surface area (Å²) in [4.78, 5) is 3.02. The van der Waals surface area contributed by atoms with Gasteiger partial charge in [-0.25, -0.2) is 4.39 Å². The molecule has 1 aliphatic rings. The van der Waals surface area contributed by atoms with E-state index in [0.717, 1.165) is 31.7 Å². The van der Waals surface area contributed by atoms with Crippen LogP contribution in [0.1, 0.15) is 69.8 Å². The minimum Gasteiger partial charge on any atom is -0.202 e. The summed E-state index contributed by atoms with van der Waals surface area (Å²) >= 11 is 0. The molecule has 0 radical (unpaired) electrons. The van der Waals surface area contributed by atoms with Crippen molar-refractivity contribution in [2.75, 3.05) is 0 Å². The fourth-order valence-corrected chi connectivity index (χ4v) is 3.19. The second kappa shape index (κ2) is 7.09. The fraction of sp³-hybridized carbons (Fsp3) is 0.688. The van der Waals surface area contributed by atoms with Crippen molar-refractivity contribution in [1.82, 2.24) is 4.98 Å². The molecule has 2 rings (SSSR count). The molecule has 1 heterocycles. The molecule has 0 unspecified atom stereocenters. The predicted octanol–water partition coefficient (Wildman–Crippen LogP) is 5.35. The van der Waals surface area contributed by atoms with Gasteiger partial charge in [0.1, 0.15) is 0 Å². The minimum atomic E-state index is -1.35. The Morgan fingerprint density at radius 1 is 1.05 bits per heavy atom. The molecule has 1 aromatic rings. The zero-order valence-electron chi connectivity index (χ0n) is 12.0. The highest BCUT2D eigenvalue weighted by Crippen LogP contribution is 2.38. The standard InChI is InChI=1S/C16H22F3N/c1-2-3-4-5-11-6-8-12(9-7-11)13-10-14(17)16(19)20-15(13)18/h10-12H,2-9H2,1H3/t11-,12-. The van der Waals surface area contributed by atoms with Crippen molar-refractivity contribution < 1.29 is 13.2 Å². The third-order valence-corrected chi connectivity index (χ3v) is 4.42. The molecule has 20 heavy (non-hydrogen) atoms. The lowest BCUT2D eigenvalue weighted by molar-refractivity contribution is 0.296. The summed E-state index contributed by atoms with van der Waals surface area (Å²) in [5.41, 5.74) is 0.246. The van der Waals surface area contributed by atoms with E-state index in [0.29, 0.717) is 5.92 Å². The lowest BCUT2D eigenvalue weighted by atomic mass is 9.77. The largest absolute Gasteiger partial charge is 0.251 e. The molecule has 0 bridgehead atoms. The summed E-state index contributed by atoms with van der Waals surface area (Å²) in [6.45, 7) is 2.19. The van der Waals surface area contributed by atoms with E-state index in [9.17, 15) is 13.2 Å². The lowest BCUT2D eigenvalue weighted by Gasteiger charge is -2.28. The van der Waals surface area contributed by atoms with Gasteiger partial charge in [-0.3, -0.25) is 0 Å². The van der Waals surface area contributed by atoms with Gasteiger partial charge in [-0.2, -0.15) is 13.8 Å². The second-order valence-electron chi connectivity index (χ2n) is 5.85. The molecule has 0 aliphatic heterocycles. The Morgan fingerprint density at radius 2 is 1.75 bits per heavy atom. The topological polar surface area (TPSA) is 12.9 Å². The zero-order valence-corrected chi connectivity index (χ0v) is 12.0. The highest BCUT2D eigenvalue weighted by molar-refractivity contribution is 5.18. The van der Waals surface area contributed by atoms with Crippen LogP contribution in [0.4, 0.5) is 13.2 Å². The normalized spacial score (nSPS) is 23.0. The van der Waals surface area contributed by atoms with Crippen molar-refractivity contribution in [2.45, 2.75) is 64.2 Å². The van der Waals surface area contributed by atoms with E-state index in [1.807, 2.05) is 0 Å². The SMILES string of the molecule is CCCCC[C@H]1CC[C@H](c2cc(F)c(F)nc2F)CC1. The van der Waals surface area contributed by atoms with Crippen LogP contribution in [0.5, 0.6) is 0 Å². The van der Waals surface area contributed by atoms with Gasteiger partial charge in [-0.05, 0) is 43.6 Å². The number of halogens is 3. The minimum absolute atomic E-state index is 0.0139. The zero-order chi connectivity index (χ0) is 14.5. The van der Waals surface area contributed by atoms with Gasteiger partial charge in [0, 0.05) is 5.56 Å². The van der Waals surface area contributed by atoms with E-state index >= 15 is 0 Å². The fourth-order valence-electron chi connectivity index (χ4n) is 3.19. The Kier molecular flexibility index (Phi) is 5.44. The number of rotatable bonds is 5. The quantitative estimate of drug-likeness (QED) is 0.524. The Hall–Kier alpha value is -1.06. The van der Waals surface area contributed by atoms with Crippen LogP contribution in [0.3, 0.4) is 0 Å². The van der Waals surface area contributed by atoms with Crippen LogP contribution in [-0.4, -0.2) is 4.98 Å². The van der Waals surface area contributed by atoms with Crippen LogP contribution in [0.15, 0.2) is 6.07 Å². The predicted molar refractivity (Wildman–Crippen MR) is 73.0 cm³/mol. The van der Waals surface area contributed by atoms with Crippen molar-refractivity contribution in [2.24, 2.45) is 5.92 Å². The Morgan fingerprint density at radius 3 is 2.40 bits per heavy atom. The summed E-state index contributed by atoms with van der Waals surface area (Å²) < 4.78 is 39.7. The first-order valence-electron chi connectivity index (χ1n) is 7.63. The Bertz CT molecular complexity index is 440. The molecular formula is C16H22F3N. The highest BCUT2D eigenvalue weighted by atomic mass is 19.2.